The molecule has 0 aliphatic rings. The van der Waals surface area contributed by atoms with E-state index >= 15 is 0 Å². The molecule has 0 heterocycles. The van der Waals surface area contributed by atoms with E-state index in [-0.39, 0.29) is 5.97 Å². The third-order valence-corrected chi connectivity index (χ3v) is 2.57. The fraction of sp³-hybridized carbons (Fsp3) is 0.909. The van der Waals surface area contributed by atoms with Crippen molar-refractivity contribution in [3.8, 4) is 0 Å². The second kappa shape index (κ2) is 11.0. The Hall–Kier alpha value is -0.545. The van der Waals surface area contributed by atoms with Crippen molar-refractivity contribution in [2.45, 2.75) is 57.7 Å². The Labute approximate surface area is 98.1 Å². The summed E-state index contributed by atoms with van der Waals surface area (Å²) >= 11 is 0. The summed E-state index contributed by atoms with van der Waals surface area (Å²) in [4.78, 5) is 10.8. The summed E-state index contributed by atoms with van der Waals surface area (Å²) in [7, 11) is 0.262. The highest BCUT2D eigenvalue weighted by Gasteiger charge is 2.04. The van der Waals surface area contributed by atoms with Crippen molar-refractivity contribution in [1.29, 1.82) is 0 Å². The van der Waals surface area contributed by atoms with Gasteiger partial charge in [0.25, 0.3) is 0 Å². The lowest BCUT2D eigenvalue weighted by molar-refractivity contribution is -0.140. The number of hydrogen-bond donors (Lipinski definition) is 2. The Morgan fingerprint density at radius 3 is 2.00 bits per heavy atom. The van der Waals surface area contributed by atoms with Crippen molar-refractivity contribution in [2.75, 3.05) is 7.11 Å². The first kappa shape index (κ1) is 15.5. The van der Waals surface area contributed by atoms with Gasteiger partial charge in [0.2, 0.25) is 0 Å². The fourth-order valence-electron chi connectivity index (χ4n) is 1.58. The molecule has 0 rings (SSSR count). The van der Waals surface area contributed by atoms with Crippen molar-refractivity contribution in [3.05, 3.63) is 0 Å². The van der Waals surface area contributed by atoms with E-state index in [4.69, 9.17) is 10.0 Å². The Kier molecular flexibility index (Phi) is 10.6. The summed E-state index contributed by atoms with van der Waals surface area (Å²) in [6, 6.07) is 0. The monoisotopic (exact) mass is 230 g/mol. The van der Waals surface area contributed by atoms with Gasteiger partial charge in [-0.1, -0.05) is 38.5 Å². The predicted molar refractivity (Wildman–Crippen MR) is 64.0 cm³/mol. The zero-order valence-electron chi connectivity index (χ0n) is 10.2. The molecule has 0 unspecified atom stereocenters. The van der Waals surface area contributed by atoms with Crippen LogP contribution in [0.4, 0.5) is 0 Å². The molecule has 0 atom stereocenters. The van der Waals surface area contributed by atoms with Crippen molar-refractivity contribution >= 4 is 13.1 Å². The maximum absolute atomic E-state index is 10.8. The number of carbonyl (C=O) groups is 1. The van der Waals surface area contributed by atoms with Gasteiger partial charge in [-0.25, -0.2) is 0 Å². The quantitative estimate of drug-likeness (QED) is 0.341. The maximum atomic E-state index is 10.8. The third-order valence-electron chi connectivity index (χ3n) is 2.57. The maximum Gasteiger partial charge on any atom is 0.451 e. The highest BCUT2D eigenvalue weighted by molar-refractivity contribution is 6.40. The number of methoxy groups -OCH3 is 1. The standard InChI is InChI=1S/C11H23BO4/c1-16-11(13)9-7-5-3-2-4-6-8-10-12(14)15/h14-15H,2-10H2,1H3. The van der Waals surface area contributed by atoms with Crippen LogP contribution in [0.25, 0.3) is 0 Å². The van der Waals surface area contributed by atoms with Gasteiger partial charge < -0.3 is 14.8 Å². The van der Waals surface area contributed by atoms with E-state index in [9.17, 15) is 4.79 Å². The van der Waals surface area contributed by atoms with Crippen LogP contribution >= 0.6 is 0 Å². The second-order valence-corrected chi connectivity index (χ2v) is 4.07. The molecule has 0 aromatic rings. The van der Waals surface area contributed by atoms with Gasteiger partial charge in [0.15, 0.2) is 0 Å². The Morgan fingerprint density at radius 1 is 1.00 bits per heavy atom. The van der Waals surface area contributed by atoms with Crippen LogP contribution in [0.15, 0.2) is 0 Å². The van der Waals surface area contributed by atoms with E-state index in [1.165, 1.54) is 7.11 Å². The molecule has 0 bridgehead atoms. The van der Waals surface area contributed by atoms with Crippen LogP contribution in [-0.4, -0.2) is 30.2 Å². The van der Waals surface area contributed by atoms with Crippen molar-refractivity contribution in [2.24, 2.45) is 0 Å². The van der Waals surface area contributed by atoms with E-state index in [1.807, 2.05) is 0 Å². The first-order valence-electron chi connectivity index (χ1n) is 6.09. The second-order valence-electron chi connectivity index (χ2n) is 4.07. The molecule has 16 heavy (non-hydrogen) atoms. The highest BCUT2D eigenvalue weighted by Crippen LogP contribution is 2.10. The summed E-state index contributed by atoms with van der Waals surface area (Å²) in [6.45, 7) is 0. The Bertz CT molecular complexity index is 173. The Balaban J connectivity index is 3.01. The molecule has 5 heteroatoms. The molecule has 0 radical (unpaired) electrons. The van der Waals surface area contributed by atoms with Gasteiger partial charge in [0.1, 0.15) is 0 Å². The summed E-state index contributed by atoms with van der Waals surface area (Å²) in [5, 5.41) is 17.2. The van der Waals surface area contributed by atoms with E-state index in [0.29, 0.717) is 12.7 Å². The Morgan fingerprint density at radius 2 is 1.50 bits per heavy atom. The highest BCUT2D eigenvalue weighted by atomic mass is 16.5. The predicted octanol–water partition coefficient (Wildman–Crippen LogP) is 1.75. The number of ether oxygens (including phenoxy) is 1. The lowest BCUT2D eigenvalue weighted by Gasteiger charge is -2.02. The molecule has 0 saturated carbocycles. The van der Waals surface area contributed by atoms with E-state index in [0.717, 1.165) is 44.9 Å². The largest absolute Gasteiger partial charge is 0.469 e. The van der Waals surface area contributed by atoms with Crippen LogP contribution in [-0.2, 0) is 9.53 Å². The van der Waals surface area contributed by atoms with Gasteiger partial charge in [-0.15, -0.1) is 0 Å². The van der Waals surface area contributed by atoms with Gasteiger partial charge in [-0.05, 0) is 12.7 Å². The molecule has 0 aliphatic heterocycles. The normalized spacial score (nSPS) is 10.2. The fourth-order valence-corrected chi connectivity index (χ4v) is 1.58. The number of esters is 1. The molecule has 4 nitrogen and oxygen atoms in total. The summed E-state index contributed by atoms with van der Waals surface area (Å²) < 4.78 is 4.55. The number of carbonyl (C=O) groups excluding carboxylic acids is 1. The SMILES string of the molecule is COC(=O)CCCCCCCCCB(O)O. The molecule has 0 saturated heterocycles. The topological polar surface area (TPSA) is 66.8 Å². The average Bonchev–Trinajstić information content (AvgIpc) is 2.26. The van der Waals surface area contributed by atoms with E-state index in [2.05, 4.69) is 4.74 Å². The summed E-state index contributed by atoms with van der Waals surface area (Å²) in [5.41, 5.74) is 0. The first-order chi connectivity index (χ1) is 7.66. The van der Waals surface area contributed by atoms with Crippen molar-refractivity contribution in [3.63, 3.8) is 0 Å². The number of unbranched alkanes of at least 4 members (excludes halogenated alkanes) is 6. The molecule has 2 N–H and O–H groups in total. The van der Waals surface area contributed by atoms with Crippen LogP contribution in [0.2, 0.25) is 6.32 Å². The van der Waals surface area contributed by atoms with Crippen molar-refractivity contribution < 1.29 is 19.6 Å². The van der Waals surface area contributed by atoms with Gasteiger partial charge in [0.05, 0.1) is 7.11 Å². The van der Waals surface area contributed by atoms with Crippen LogP contribution in [0, 0.1) is 0 Å². The van der Waals surface area contributed by atoms with Crippen LogP contribution in [0.5, 0.6) is 0 Å². The van der Waals surface area contributed by atoms with Gasteiger partial charge >= 0.3 is 13.1 Å². The van der Waals surface area contributed by atoms with E-state index in [1.54, 1.807) is 0 Å². The van der Waals surface area contributed by atoms with Crippen LogP contribution < -0.4 is 0 Å². The van der Waals surface area contributed by atoms with Crippen LogP contribution in [0.1, 0.15) is 51.4 Å². The zero-order valence-corrected chi connectivity index (χ0v) is 10.2. The van der Waals surface area contributed by atoms with Crippen molar-refractivity contribution in [1.82, 2.24) is 0 Å². The lowest BCUT2D eigenvalue weighted by atomic mass is 9.83. The number of hydrogen-bond acceptors (Lipinski definition) is 4. The minimum atomic E-state index is -1.15. The zero-order chi connectivity index (χ0) is 12.2. The molecule has 94 valence electrons. The summed E-state index contributed by atoms with van der Waals surface area (Å²) in [5.74, 6) is -0.128. The molecule has 0 amide bonds. The molecule has 0 aromatic heterocycles. The van der Waals surface area contributed by atoms with Crippen LogP contribution in [0.3, 0.4) is 0 Å². The first-order valence-corrected chi connectivity index (χ1v) is 6.09. The molecule has 0 aliphatic carbocycles. The summed E-state index contributed by atoms with van der Waals surface area (Å²) in [6.07, 6.45) is 8.32. The van der Waals surface area contributed by atoms with E-state index < -0.39 is 7.12 Å². The smallest absolute Gasteiger partial charge is 0.451 e. The molecular formula is C11H23BO4. The molecule has 0 fully saturated rings. The third kappa shape index (κ3) is 11.5. The molecule has 0 spiro atoms. The minimum absolute atomic E-state index is 0.128. The minimum Gasteiger partial charge on any atom is -0.469 e. The van der Waals surface area contributed by atoms with Gasteiger partial charge in [-0.2, -0.15) is 0 Å². The lowest BCUT2D eigenvalue weighted by Crippen LogP contribution is -2.09. The average molecular weight is 230 g/mol. The number of rotatable bonds is 10. The van der Waals surface area contributed by atoms with Gasteiger partial charge in [0, 0.05) is 6.42 Å². The molecule has 0 aromatic carbocycles. The molecular weight excluding hydrogens is 207 g/mol. The van der Waals surface area contributed by atoms with Gasteiger partial charge in [-0.3, -0.25) is 4.79 Å².